The number of nitrogens with zero attached hydrogens (tertiary/aromatic N) is 2. The highest BCUT2D eigenvalue weighted by Gasteiger charge is 2.20. The number of piperidine rings is 1. The van der Waals surface area contributed by atoms with E-state index in [0.29, 0.717) is 19.1 Å². The van der Waals surface area contributed by atoms with E-state index in [9.17, 15) is 4.79 Å². The zero-order valence-corrected chi connectivity index (χ0v) is 13.5. The van der Waals surface area contributed by atoms with Crippen molar-refractivity contribution in [2.45, 2.75) is 19.8 Å². The Balaban J connectivity index is 1.48. The Labute approximate surface area is 136 Å². The minimum Gasteiger partial charge on any atom is -0.489 e. The van der Waals surface area contributed by atoms with Crippen molar-refractivity contribution in [1.82, 2.24) is 15.2 Å². The van der Waals surface area contributed by atoms with Gasteiger partial charge >= 0.3 is 6.03 Å². The summed E-state index contributed by atoms with van der Waals surface area (Å²) in [5.74, 6) is 1.34. The number of urea groups is 1. The summed E-state index contributed by atoms with van der Waals surface area (Å²) < 4.78 is 5.78. The molecular weight excluding hydrogens is 290 g/mol. The number of hydrogen-bond donors (Lipinski definition) is 1. The summed E-state index contributed by atoms with van der Waals surface area (Å²) >= 11 is 0. The van der Waals surface area contributed by atoms with Crippen LogP contribution in [-0.2, 0) is 0 Å². The second-order valence-corrected chi connectivity index (χ2v) is 6.11. The number of nitrogens with one attached hydrogen (secondary N) is 1. The molecule has 0 aliphatic carbocycles. The molecule has 1 atom stereocenters. The number of para-hydroxylation sites is 1. The number of pyridine rings is 1. The Morgan fingerprint density at radius 3 is 3.13 bits per heavy atom. The quantitative estimate of drug-likeness (QED) is 0.883. The van der Waals surface area contributed by atoms with Crippen LogP contribution in [0.4, 0.5) is 4.79 Å². The molecule has 1 aromatic heterocycles. The van der Waals surface area contributed by atoms with Crippen LogP contribution in [0.1, 0.15) is 19.8 Å². The topological polar surface area (TPSA) is 54.5 Å². The SMILES string of the molecule is CC1CCCN(C(=O)NCCOc2cccc3cccnc23)C1. The number of ether oxygens (including phenoxy) is 1. The van der Waals surface area contributed by atoms with E-state index < -0.39 is 0 Å². The molecule has 5 nitrogen and oxygen atoms in total. The molecule has 0 bridgehead atoms. The maximum absolute atomic E-state index is 12.1. The van der Waals surface area contributed by atoms with Crippen LogP contribution in [0.3, 0.4) is 0 Å². The summed E-state index contributed by atoms with van der Waals surface area (Å²) in [5, 5.41) is 3.98. The van der Waals surface area contributed by atoms with Crippen molar-refractivity contribution in [1.29, 1.82) is 0 Å². The average molecular weight is 313 g/mol. The van der Waals surface area contributed by atoms with Gasteiger partial charge in [0.05, 0.1) is 6.54 Å². The highest BCUT2D eigenvalue weighted by atomic mass is 16.5. The van der Waals surface area contributed by atoms with E-state index in [1.54, 1.807) is 6.20 Å². The van der Waals surface area contributed by atoms with E-state index in [-0.39, 0.29) is 6.03 Å². The van der Waals surface area contributed by atoms with Crippen molar-refractivity contribution in [2.24, 2.45) is 5.92 Å². The Morgan fingerprint density at radius 1 is 1.39 bits per heavy atom. The molecule has 1 N–H and O–H groups in total. The lowest BCUT2D eigenvalue weighted by atomic mass is 10.0. The van der Waals surface area contributed by atoms with E-state index in [2.05, 4.69) is 17.2 Å². The predicted octanol–water partition coefficient (Wildman–Crippen LogP) is 3.06. The van der Waals surface area contributed by atoms with Gasteiger partial charge in [0.2, 0.25) is 0 Å². The molecule has 2 amide bonds. The number of carbonyl (C=O) groups is 1. The molecule has 0 saturated carbocycles. The molecular formula is C18H23N3O2. The predicted molar refractivity (Wildman–Crippen MR) is 90.6 cm³/mol. The van der Waals surface area contributed by atoms with Gasteiger partial charge in [-0.3, -0.25) is 4.98 Å². The lowest BCUT2D eigenvalue weighted by Gasteiger charge is -2.30. The van der Waals surface area contributed by atoms with E-state index in [0.717, 1.165) is 36.2 Å². The normalized spacial score (nSPS) is 18.0. The van der Waals surface area contributed by atoms with Crippen LogP contribution in [0.25, 0.3) is 10.9 Å². The molecule has 23 heavy (non-hydrogen) atoms. The number of benzene rings is 1. The Morgan fingerprint density at radius 2 is 2.26 bits per heavy atom. The Hall–Kier alpha value is -2.30. The van der Waals surface area contributed by atoms with Gasteiger partial charge in [-0.15, -0.1) is 0 Å². The Kier molecular flexibility index (Phi) is 4.95. The van der Waals surface area contributed by atoms with Gasteiger partial charge in [0.15, 0.2) is 0 Å². The van der Waals surface area contributed by atoms with E-state index >= 15 is 0 Å². The van der Waals surface area contributed by atoms with Gasteiger partial charge in [0.25, 0.3) is 0 Å². The van der Waals surface area contributed by atoms with Crippen molar-refractivity contribution in [2.75, 3.05) is 26.2 Å². The summed E-state index contributed by atoms with van der Waals surface area (Å²) in [4.78, 5) is 18.4. The van der Waals surface area contributed by atoms with E-state index in [4.69, 9.17) is 4.74 Å². The Bertz CT molecular complexity index is 669. The van der Waals surface area contributed by atoms with Crippen molar-refractivity contribution in [3.05, 3.63) is 36.5 Å². The number of rotatable bonds is 4. The number of likely N-dealkylation sites (tertiary alicyclic amines) is 1. The van der Waals surface area contributed by atoms with Crippen molar-refractivity contribution in [3.8, 4) is 5.75 Å². The smallest absolute Gasteiger partial charge is 0.317 e. The molecule has 1 saturated heterocycles. The summed E-state index contributed by atoms with van der Waals surface area (Å²) in [5.41, 5.74) is 0.853. The van der Waals surface area contributed by atoms with E-state index in [1.165, 1.54) is 6.42 Å². The van der Waals surface area contributed by atoms with Crippen molar-refractivity contribution >= 4 is 16.9 Å². The van der Waals surface area contributed by atoms with Crippen LogP contribution in [-0.4, -0.2) is 42.2 Å². The molecule has 1 aliphatic rings. The lowest BCUT2D eigenvalue weighted by molar-refractivity contribution is 0.168. The molecule has 0 radical (unpaired) electrons. The highest BCUT2D eigenvalue weighted by molar-refractivity contribution is 5.84. The third-order valence-electron chi connectivity index (χ3n) is 4.18. The third kappa shape index (κ3) is 3.92. The molecule has 1 fully saturated rings. The average Bonchev–Trinajstić information content (AvgIpc) is 2.58. The first kappa shape index (κ1) is 15.6. The zero-order valence-electron chi connectivity index (χ0n) is 13.5. The van der Waals surface area contributed by atoms with Crippen LogP contribution >= 0.6 is 0 Å². The maximum atomic E-state index is 12.1. The van der Waals surface area contributed by atoms with Gasteiger partial charge in [-0.1, -0.05) is 25.1 Å². The standard InChI is InChI=1S/C18H23N3O2/c1-14-5-4-11-21(13-14)18(22)20-10-12-23-16-8-2-6-15-7-3-9-19-17(15)16/h2-3,6-9,14H,4-5,10-13H2,1H3,(H,20,22). The van der Waals surface area contributed by atoms with Crippen LogP contribution in [0.2, 0.25) is 0 Å². The molecule has 1 aromatic carbocycles. The molecule has 0 spiro atoms. The summed E-state index contributed by atoms with van der Waals surface area (Å²) in [7, 11) is 0. The van der Waals surface area contributed by atoms with Gasteiger partial charge in [-0.05, 0) is 30.9 Å². The minimum atomic E-state index is 0.0104. The molecule has 5 heteroatoms. The number of hydrogen-bond acceptors (Lipinski definition) is 3. The molecule has 1 unspecified atom stereocenters. The fourth-order valence-corrected chi connectivity index (χ4v) is 3.00. The summed E-state index contributed by atoms with van der Waals surface area (Å²) in [6.07, 6.45) is 4.06. The van der Waals surface area contributed by atoms with Crippen LogP contribution in [0, 0.1) is 5.92 Å². The lowest BCUT2D eigenvalue weighted by Crippen LogP contribution is -2.45. The highest BCUT2D eigenvalue weighted by Crippen LogP contribution is 2.22. The second-order valence-electron chi connectivity index (χ2n) is 6.11. The number of aromatic nitrogens is 1. The first-order chi connectivity index (χ1) is 11.2. The van der Waals surface area contributed by atoms with Gasteiger partial charge < -0.3 is 15.0 Å². The number of carbonyl (C=O) groups excluding carboxylic acids is 1. The van der Waals surface area contributed by atoms with E-state index in [1.807, 2.05) is 35.2 Å². The van der Waals surface area contributed by atoms with Gasteiger partial charge in [-0.25, -0.2) is 4.79 Å². The minimum absolute atomic E-state index is 0.0104. The largest absolute Gasteiger partial charge is 0.489 e. The first-order valence-corrected chi connectivity index (χ1v) is 8.23. The van der Waals surface area contributed by atoms with Crippen molar-refractivity contribution < 1.29 is 9.53 Å². The van der Waals surface area contributed by atoms with Crippen LogP contribution < -0.4 is 10.1 Å². The second kappa shape index (κ2) is 7.31. The van der Waals surface area contributed by atoms with Crippen molar-refractivity contribution in [3.63, 3.8) is 0 Å². The number of amides is 2. The molecule has 1 aliphatic heterocycles. The molecule has 2 aromatic rings. The summed E-state index contributed by atoms with van der Waals surface area (Å²) in [6.45, 7) is 4.82. The first-order valence-electron chi connectivity index (χ1n) is 8.23. The van der Waals surface area contributed by atoms with Crippen LogP contribution in [0.15, 0.2) is 36.5 Å². The number of fused-ring (bicyclic) bond motifs is 1. The fraction of sp³-hybridized carbons (Fsp3) is 0.444. The summed E-state index contributed by atoms with van der Waals surface area (Å²) in [6, 6.07) is 9.79. The van der Waals surface area contributed by atoms with Gasteiger partial charge in [0, 0.05) is 24.7 Å². The fourth-order valence-electron chi connectivity index (χ4n) is 3.00. The van der Waals surface area contributed by atoms with Crippen LogP contribution in [0.5, 0.6) is 5.75 Å². The zero-order chi connectivity index (χ0) is 16.1. The molecule has 3 rings (SSSR count). The van der Waals surface area contributed by atoms with Gasteiger partial charge in [-0.2, -0.15) is 0 Å². The van der Waals surface area contributed by atoms with Gasteiger partial charge in [0.1, 0.15) is 17.9 Å². The molecule has 122 valence electrons. The maximum Gasteiger partial charge on any atom is 0.317 e. The monoisotopic (exact) mass is 313 g/mol. The third-order valence-corrected chi connectivity index (χ3v) is 4.18. The molecule has 2 heterocycles.